The van der Waals surface area contributed by atoms with Gasteiger partial charge >= 0.3 is 0 Å². The van der Waals surface area contributed by atoms with Crippen LogP contribution < -0.4 is 5.32 Å². The fraction of sp³-hybridized carbons (Fsp3) is 0.154. The number of nitrogens with one attached hydrogen (secondary N) is 1. The lowest BCUT2D eigenvalue weighted by Gasteiger charge is -2.12. The van der Waals surface area contributed by atoms with Crippen LogP contribution in [0.3, 0.4) is 0 Å². The van der Waals surface area contributed by atoms with E-state index in [1.165, 1.54) is 6.26 Å². The molecule has 0 spiro atoms. The molecule has 5 rings (SSSR count). The first-order valence-electron chi connectivity index (χ1n) is 11.2. The SMILES string of the molecule is CC(Cn1ncc2c(C)c(-c3nccc4cnc(Nc5ccc(S(C)(=O)=O)cc5)cc34)ccc21)=NO. The summed E-state index contributed by atoms with van der Waals surface area (Å²) in [5.74, 6) is 0.620. The van der Waals surface area contributed by atoms with Gasteiger partial charge in [-0.1, -0.05) is 11.2 Å². The maximum atomic E-state index is 11.7. The van der Waals surface area contributed by atoms with Crippen LogP contribution in [0.4, 0.5) is 11.5 Å². The van der Waals surface area contributed by atoms with E-state index in [9.17, 15) is 8.42 Å². The number of aryl methyl sites for hydroxylation is 1. The van der Waals surface area contributed by atoms with Gasteiger partial charge < -0.3 is 10.5 Å². The zero-order valence-corrected chi connectivity index (χ0v) is 20.8. The predicted octanol–water partition coefficient (Wildman–Crippen LogP) is 4.95. The number of sulfone groups is 1. The molecule has 0 atom stereocenters. The lowest BCUT2D eigenvalue weighted by molar-refractivity contribution is 0.316. The van der Waals surface area contributed by atoms with Crippen molar-refractivity contribution in [3.05, 3.63) is 72.7 Å². The molecule has 2 aromatic carbocycles. The largest absolute Gasteiger partial charge is 0.411 e. The number of pyridine rings is 2. The van der Waals surface area contributed by atoms with Gasteiger partial charge in [0.05, 0.1) is 34.6 Å². The summed E-state index contributed by atoms with van der Waals surface area (Å²) in [7, 11) is -3.26. The van der Waals surface area contributed by atoms with Crippen LogP contribution in [0.25, 0.3) is 32.9 Å². The van der Waals surface area contributed by atoms with Gasteiger partial charge in [-0.15, -0.1) is 0 Å². The summed E-state index contributed by atoms with van der Waals surface area (Å²) in [6.45, 7) is 4.19. The lowest BCUT2D eigenvalue weighted by atomic mass is 9.98. The number of hydrogen-bond donors (Lipinski definition) is 2. The minimum atomic E-state index is -3.26. The first kappa shape index (κ1) is 23.4. The maximum absolute atomic E-state index is 11.7. The molecule has 182 valence electrons. The Morgan fingerprint density at radius 1 is 1.06 bits per heavy atom. The van der Waals surface area contributed by atoms with E-state index in [0.29, 0.717) is 18.1 Å². The molecule has 0 saturated carbocycles. The summed E-state index contributed by atoms with van der Waals surface area (Å²) in [4.78, 5) is 9.48. The fourth-order valence-electron chi connectivity index (χ4n) is 4.20. The van der Waals surface area contributed by atoms with E-state index in [2.05, 4.69) is 20.6 Å². The monoisotopic (exact) mass is 500 g/mol. The number of anilines is 2. The molecule has 9 nitrogen and oxygen atoms in total. The molecule has 5 aromatic rings. The molecule has 0 saturated heterocycles. The van der Waals surface area contributed by atoms with Crippen molar-refractivity contribution < 1.29 is 13.6 Å². The Morgan fingerprint density at radius 2 is 1.83 bits per heavy atom. The minimum Gasteiger partial charge on any atom is -0.411 e. The van der Waals surface area contributed by atoms with Crippen LogP contribution in [0.15, 0.2) is 77.2 Å². The molecule has 36 heavy (non-hydrogen) atoms. The molecule has 3 aromatic heterocycles. The average Bonchev–Trinajstić information content (AvgIpc) is 3.27. The second-order valence-electron chi connectivity index (χ2n) is 8.68. The van der Waals surface area contributed by atoms with Gasteiger partial charge in [-0.2, -0.15) is 5.10 Å². The predicted molar refractivity (Wildman–Crippen MR) is 141 cm³/mol. The van der Waals surface area contributed by atoms with Crippen molar-refractivity contribution in [1.82, 2.24) is 19.7 Å². The standard InChI is InChI=1S/C26H24N6O3S/c1-16(31-33)15-32-24-9-8-21(17(2)23(24)14-29-32)26-22-12-25(28-13-18(22)10-11-27-26)30-19-4-6-20(7-5-19)36(3,34)35/h4-14,33H,15H2,1-3H3,(H,28,30). The van der Waals surface area contributed by atoms with Crippen LogP contribution in [0.5, 0.6) is 0 Å². The molecule has 0 amide bonds. The number of aromatic nitrogens is 4. The number of fused-ring (bicyclic) bond motifs is 2. The Hall–Kier alpha value is -4.31. The van der Waals surface area contributed by atoms with Gasteiger partial charge in [0.1, 0.15) is 5.82 Å². The van der Waals surface area contributed by atoms with Crippen molar-refractivity contribution in [1.29, 1.82) is 0 Å². The van der Waals surface area contributed by atoms with E-state index in [1.807, 2.05) is 37.4 Å². The summed E-state index contributed by atoms with van der Waals surface area (Å²) in [5.41, 5.74) is 5.09. The molecule has 0 radical (unpaired) electrons. The highest BCUT2D eigenvalue weighted by atomic mass is 32.2. The average molecular weight is 501 g/mol. The van der Waals surface area contributed by atoms with E-state index in [-0.39, 0.29) is 4.90 Å². The smallest absolute Gasteiger partial charge is 0.175 e. The van der Waals surface area contributed by atoms with E-state index in [4.69, 9.17) is 10.2 Å². The van der Waals surface area contributed by atoms with Crippen molar-refractivity contribution >= 4 is 48.7 Å². The summed E-state index contributed by atoms with van der Waals surface area (Å²) in [6, 6.07) is 14.4. The van der Waals surface area contributed by atoms with Crippen molar-refractivity contribution in [2.45, 2.75) is 25.3 Å². The van der Waals surface area contributed by atoms with Crippen molar-refractivity contribution in [3.63, 3.8) is 0 Å². The molecule has 3 heterocycles. The van der Waals surface area contributed by atoms with Crippen LogP contribution in [-0.4, -0.2) is 45.3 Å². The molecule has 0 aliphatic carbocycles. The van der Waals surface area contributed by atoms with Gasteiger partial charge in [-0.3, -0.25) is 9.67 Å². The summed E-state index contributed by atoms with van der Waals surface area (Å²) in [5, 5.41) is 22.9. The zero-order valence-electron chi connectivity index (χ0n) is 20.0. The highest BCUT2D eigenvalue weighted by Crippen LogP contribution is 2.34. The topological polar surface area (TPSA) is 122 Å². The molecular formula is C26H24N6O3S. The normalized spacial score (nSPS) is 12.4. The fourth-order valence-corrected chi connectivity index (χ4v) is 4.84. The molecule has 0 fully saturated rings. The molecule has 0 aliphatic heterocycles. The van der Waals surface area contributed by atoms with Crippen LogP contribution in [0.1, 0.15) is 12.5 Å². The maximum Gasteiger partial charge on any atom is 0.175 e. The van der Waals surface area contributed by atoms with E-state index >= 15 is 0 Å². The molecule has 2 N–H and O–H groups in total. The minimum absolute atomic E-state index is 0.263. The Morgan fingerprint density at radius 3 is 2.56 bits per heavy atom. The van der Waals surface area contributed by atoms with E-state index < -0.39 is 9.84 Å². The number of oxime groups is 1. The number of benzene rings is 2. The number of rotatable bonds is 6. The van der Waals surface area contributed by atoms with Crippen LogP contribution in [0.2, 0.25) is 0 Å². The third kappa shape index (κ3) is 4.38. The molecule has 0 aliphatic rings. The second-order valence-corrected chi connectivity index (χ2v) is 10.7. The van der Waals surface area contributed by atoms with Gasteiger partial charge in [0.2, 0.25) is 0 Å². The van der Waals surface area contributed by atoms with Gasteiger partial charge in [0.25, 0.3) is 0 Å². The Kier molecular flexibility index (Phi) is 5.89. The van der Waals surface area contributed by atoms with E-state index in [1.54, 1.807) is 48.3 Å². The first-order chi connectivity index (χ1) is 17.2. The third-order valence-corrected chi connectivity index (χ3v) is 7.23. The van der Waals surface area contributed by atoms with E-state index in [0.717, 1.165) is 44.2 Å². The Labute approximate surface area is 208 Å². The quantitative estimate of drug-likeness (QED) is 0.192. The highest BCUT2D eigenvalue weighted by molar-refractivity contribution is 7.90. The van der Waals surface area contributed by atoms with Crippen LogP contribution in [0, 0.1) is 6.92 Å². The van der Waals surface area contributed by atoms with Gasteiger partial charge in [0.15, 0.2) is 9.84 Å². The molecule has 0 unspecified atom stereocenters. The number of hydrogen-bond acceptors (Lipinski definition) is 8. The molecule has 10 heteroatoms. The second kappa shape index (κ2) is 9.04. The summed E-state index contributed by atoms with van der Waals surface area (Å²) >= 11 is 0. The number of nitrogens with zero attached hydrogens (tertiary/aromatic N) is 5. The van der Waals surface area contributed by atoms with Crippen molar-refractivity contribution in [3.8, 4) is 11.3 Å². The molecular weight excluding hydrogens is 476 g/mol. The molecule has 0 bridgehead atoms. The zero-order chi connectivity index (χ0) is 25.4. The van der Waals surface area contributed by atoms with Gasteiger partial charge in [-0.05, 0) is 61.9 Å². The lowest BCUT2D eigenvalue weighted by Crippen LogP contribution is -2.07. The van der Waals surface area contributed by atoms with Gasteiger partial charge in [-0.25, -0.2) is 13.4 Å². The first-order valence-corrected chi connectivity index (χ1v) is 13.1. The Bertz CT molecular complexity index is 1740. The summed E-state index contributed by atoms with van der Waals surface area (Å²) < 4.78 is 25.3. The summed E-state index contributed by atoms with van der Waals surface area (Å²) in [6.07, 6.45) is 6.56. The van der Waals surface area contributed by atoms with Crippen LogP contribution in [-0.2, 0) is 16.4 Å². The third-order valence-electron chi connectivity index (χ3n) is 6.10. The van der Waals surface area contributed by atoms with Crippen molar-refractivity contribution in [2.75, 3.05) is 11.6 Å². The van der Waals surface area contributed by atoms with Crippen LogP contribution >= 0.6 is 0 Å². The van der Waals surface area contributed by atoms with Gasteiger partial charge in [0, 0.05) is 46.1 Å². The highest BCUT2D eigenvalue weighted by Gasteiger charge is 2.15. The Balaban J connectivity index is 1.54. The van der Waals surface area contributed by atoms with Crippen molar-refractivity contribution in [2.24, 2.45) is 5.16 Å².